The third kappa shape index (κ3) is 17.4. The summed E-state index contributed by atoms with van der Waals surface area (Å²) in [7, 11) is 0. The second-order valence-electron chi connectivity index (χ2n) is 15.1. The van der Waals surface area contributed by atoms with Crippen molar-refractivity contribution in [2.75, 3.05) is 0 Å². The van der Waals surface area contributed by atoms with E-state index in [4.69, 9.17) is 0 Å². The van der Waals surface area contributed by atoms with Crippen LogP contribution in [0.3, 0.4) is 0 Å². The summed E-state index contributed by atoms with van der Waals surface area (Å²) < 4.78 is 0. The van der Waals surface area contributed by atoms with Gasteiger partial charge >= 0.3 is 0 Å². The minimum Gasteiger partial charge on any atom is -0.0622 e. The van der Waals surface area contributed by atoms with Crippen molar-refractivity contribution in [1.82, 2.24) is 0 Å². The zero-order valence-electron chi connectivity index (χ0n) is 31.0. The van der Waals surface area contributed by atoms with Crippen LogP contribution in [0.25, 0.3) is 0 Å². The highest BCUT2D eigenvalue weighted by molar-refractivity contribution is 5.16. The van der Waals surface area contributed by atoms with Gasteiger partial charge in [-0.3, -0.25) is 0 Å². The van der Waals surface area contributed by atoms with E-state index >= 15 is 0 Å². The van der Waals surface area contributed by atoms with Crippen molar-refractivity contribution in [1.29, 1.82) is 0 Å². The zero-order valence-corrected chi connectivity index (χ0v) is 31.0. The van der Waals surface area contributed by atoms with Crippen LogP contribution in [0.4, 0.5) is 0 Å². The summed E-state index contributed by atoms with van der Waals surface area (Å²) in [6, 6.07) is 44.4. The number of benzene rings is 4. The first-order valence-corrected chi connectivity index (χ1v) is 20.5. The van der Waals surface area contributed by atoms with E-state index in [-0.39, 0.29) is 0 Å². The molecule has 0 nitrogen and oxygen atoms in total. The van der Waals surface area contributed by atoms with Crippen molar-refractivity contribution in [2.24, 2.45) is 5.41 Å². The van der Waals surface area contributed by atoms with Crippen LogP contribution in [0.5, 0.6) is 0 Å². The minimum absolute atomic E-state index is 0.553. The van der Waals surface area contributed by atoms with Crippen LogP contribution < -0.4 is 0 Å². The van der Waals surface area contributed by atoms with E-state index in [9.17, 15) is 0 Å². The first-order valence-electron chi connectivity index (χ1n) is 20.5. The first-order chi connectivity index (χ1) is 24.3. The highest BCUT2D eigenvalue weighted by Crippen LogP contribution is 2.42. The van der Waals surface area contributed by atoms with E-state index in [0.717, 1.165) is 0 Å². The predicted molar refractivity (Wildman–Crippen MR) is 215 cm³/mol. The van der Waals surface area contributed by atoms with Crippen molar-refractivity contribution in [3.63, 3.8) is 0 Å². The molecule has 0 unspecified atom stereocenters. The van der Waals surface area contributed by atoms with Gasteiger partial charge in [-0.2, -0.15) is 0 Å². The standard InChI is InChI=1S/C49H68/c1(13-29-45-33-17-9-18-34-45)5-25-41-49(42-26-6-2-14-30-46-35-19-10-20-36-46,43-27-7-3-15-31-47-37-21-11-22-38-47)44-28-8-4-16-32-48-39-23-12-24-40-48/h9-12,17-24,33-40H,1-8,13-16,25-32,41-44H2. The molecule has 0 aliphatic heterocycles. The molecule has 4 aromatic rings. The second kappa shape index (κ2) is 24.9. The number of unbranched alkanes of at least 4 members (excludes halogenated alkanes) is 12. The molecule has 0 N–H and O–H groups in total. The third-order valence-electron chi connectivity index (χ3n) is 11.1. The van der Waals surface area contributed by atoms with E-state index in [2.05, 4.69) is 121 Å². The molecule has 0 spiro atoms. The molecule has 0 bridgehead atoms. The maximum absolute atomic E-state index is 2.30. The Morgan fingerprint density at radius 2 is 0.429 bits per heavy atom. The second-order valence-corrected chi connectivity index (χ2v) is 15.1. The SMILES string of the molecule is c1ccc(CCCCCCC(CCCCCCc2ccccc2)(CCCCCCc2ccccc2)CCCCCCc2ccccc2)cc1. The fourth-order valence-corrected chi connectivity index (χ4v) is 8.06. The minimum atomic E-state index is 0.553. The van der Waals surface area contributed by atoms with E-state index in [1.54, 1.807) is 0 Å². The molecular weight excluding hydrogens is 589 g/mol. The van der Waals surface area contributed by atoms with Gasteiger partial charge in [-0.15, -0.1) is 0 Å². The van der Waals surface area contributed by atoms with Crippen molar-refractivity contribution in [2.45, 2.75) is 154 Å². The van der Waals surface area contributed by atoms with Crippen molar-refractivity contribution in [3.05, 3.63) is 144 Å². The molecule has 4 aromatic carbocycles. The van der Waals surface area contributed by atoms with E-state index in [1.807, 2.05) is 0 Å². The molecule has 0 saturated carbocycles. The maximum atomic E-state index is 2.30. The fourth-order valence-electron chi connectivity index (χ4n) is 8.06. The number of rotatable bonds is 28. The lowest BCUT2D eigenvalue weighted by atomic mass is 9.70. The van der Waals surface area contributed by atoms with Crippen LogP contribution >= 0.6 is 0 Å². The molecule has 264 valence electrons. The Balaban J connectivity index is 1.26. The largest absolute Gasteiger partial charge is 0.0622 e. The summed E-state index contributed by atoms with van der Waals surface area (Å²) in [5.74, 6) is 0. The molecule has 0 atom stereocenters. The molecule has 0 amide bonds. The lowest BCUT2D eigenvalue weighted by Crippen LogP contribution is -2.21. The topological polar surface area (TPSA) is 0 Å². The van der Waals surface area contributed by atoms with Crippen LogP contribution in [0.15, 0.2) is 121 Å². The third-order valence-corrected chi connectivity index (χ3v) is 11.1. The smallest absolute Gasteiger partial charge is 0.0279 e. The molecule has 0 saturated heterocycles. The molecule has 0 heterocycles. The van der Waals surface area contributed by atoms with Gasteiger partial charge < -0.3 is 0 Å². The summed E-state index contributed by atoms with van der Waals surface area (Å²) in [5.41, 5.74) is 6.57. The number of hydrogen-bond acceptors (Lipinski definition) is 0. The Hall–Kier alpha value is -3.12. The Labute approximate surface area is 302 Å². The average molecular weight is 657 g/mol. The molecular formula is C49H68. The van der Waals surface area contributed by atoms with Gasteiger partial charge in [-0.1, -0.05) is 198 Å². The zero-order chi connectivity index (χ0) is 33.9. The quantitative estimate of drug-likeness (QED) is 0.0534. The molecule has 0 aliphatic carbocycles. The van der Waals surface area contributed by atoms with Crippen molar-refractivity contribution >= 4 is 0 Å². The summed E-state index contributed by atoms with van der Waals surface area (Å²) in [6.07, 6.45) is 32.9. The molecule has 4 rings (SSSR count). The maximum Gasteiger partial charge on any atom is -0.0279 e. The summed E-state index contributed by atoms with van der Waals surface area (Å²) in [5, 5.41) is 0. The first kappa shape index (κ1) is 38.7. The van der Waals surface area contributed by atoms with Crippen molar-refractivity contribution < 1.29 is 0 Å². The van der Waals surface area contributed by atoms with Gasteiger partial charge in [0.15, 0.2) is 0 Å². The summed E-state index contributed by atoms with van der Waals surface area (Å²) in [4.78, 5) is 0. The molecule has 49 heavy (non-hydrogen) atoms. The lowest BCUT2D eigenvalue weighted by molar-refractivity contribution is 0.171. The Bertz CT molecular complexity index is 1080. The highest BCUT2D eigenvalue weighted by Gasteiger charge is 2.28. The van der Waals surface area contributed by atoms with Crippen LogP contribution in [0.1, 0.15) is 151 Å². The van der Waals surface area contributed by atoms with Gasteiger partial charge in [0.2, 0.25) is 0 Å². The van der Waals surface area contributed by atoms with Crippen LogP contribution in [0, 0.1) is 5.41 Å². The van der Waals surface area contributed by atoms with E-state index < -0.39 is 0 Å². The van der Waals surface area contributed by atoms with Gasteiger partial charge in [0.1, 0.15) is 0 Å². The van der Waals surface area contributed by atoms with Crippen LogP contribution in [-0.2, 0) is 25.7 Å². The van der Waals surface area contributed by atoms with Crippen molar-refractivity contribution in [3.8, 4) is 0 Å². The van der Waals surface area contributed by atoms with Crippen LogP contribution in [0.2, 0.25) is 0 Å². The normalized spacial score (nSPS) is 11.6. The molecule has 0 heteroatoms. The van der Waals surface area contributed by atoms with E-state index in [0.29, 0.717) is 5.41 Å². The van der Waals surface area contributed by atoms with Crippen LogP contribution in [-0.4, -0.2) is 0 Å². The average Bonchev–Trinajstić information content (AvgIpc) is 3.15. The van der Waals surface area contributed by atoms with Gasteiger partial charge in [-0.05, 0) is 105 Å². The Morgan fingerprint density at radius 1 is 0.224 bits per heavy atom. The summed E-state index contributed by atoms with van der Waals surface area (Å²) in [6.45, 7) is 0. The molecule has 0 aliphatic rings. The molecule has 0 aromatic heterocycles. The Kier molecular flexibility index (Phi) is 19.7. The number of hydrogen-bond donors (Lipinski definition) is 0. The highest BCUT2D eigenvalue weighted by atomic mass is 14.3. The Morgan fingerprint density at radius 3 is 0.653 bits per heavy atom. The van der Waals surface area contributed by atoms with E-state index in [1.165, 1.54) is 176 Å². The monoisotopic (exact) mass is 657 g/mol. The van der Waals surface area contributed by atoms with Gasteiger partial charge in [-0.25, -0.2) is 0 Å². The summed E-state index contributed by atoms with van der Waals surface area (Å²) >= 11 is 0. The molecule has 0 fully saturated rings. The van der Waals surface area contributed by atoms with Gasteiger partial charge in [0.25, 0.3) is 0 Å². The fraction of sp³-hybridized carbons (Fsp3) is 0.510. The predicted octanol–water partition coefficient (Wildman–Crippen LogP) is 14.7. The van der Waals surface area contributed by atoms with Gasteiger partial charge in [0.05, 0.1) is 0 Å². The molecule has 0 radical (unpaired) electrons. The lowest BCUT2D eigenvalue weighted by Gasteiger charge is -2.35. The van der Waals surface area contributed by atoms with Gasteiger partial charge in [0, 0.05) is 0 Å². The number of aryl methyl sites for hydroxylation is 4.